The van der Waals surface area contributed by atoms with Crippen molar-refractivity contribution in [2.75, 3.05) is 64.4 Å². The third-order valence-corrected chi connectivity index (χ3v) is 6.72. The highest BCUT2D eigenvalue weighted by atomic mass is 16.5. The second-order valence-electron chi connectivity index (χ2n) is 8.71. The van der Waals surface area contributed by atoms with Gasteiger partial charge in [0.25, 0.3) is 5.91 Å². The summed E-state index contributed by atoms with van der Waals surface area (Å²) < 4.78 is 5.48. The van der Waals surface area contributed by atoms with Crippen molar-refractivity contribution in [2.45, 2.75) is 19.4 Å². The van der Waals surface area contributed by atoms with E-state index < -0.39 is 6.04 Å². The Morgan fingerprint density at radius 2 is 1.76 bits per heavy atom. The first-order valence-corrected chi connectivity index (χ1v) is 11.8. The summed E-state index contributed by atoms with van der Waals surface area (Å²) in [5.41, 5.74) is 3.99. The first-order chi connectivity index (χ1) is 16.1. The fraction of sp³-hybridized carbons (Fsp3) is 0.462. The molecule has 176 valence electrons. The van der Waals surface area contributed by atoms with E-state index in [4.69, 9.17) is 4.74 Å². The van der Waals surface area contributed by atoms with Crippen LogP contribution in [0.25, 0.3) is 0 Å². The van der Waals surface area contributed by atoms with Crippen LogP contribution in [0, 0.1) is 6.92 Å². The van der Waals surface area contributed by atoms with E-state index in [-0.39, 0.29) is 11.8 Å². The van der Waals surface area contributed by atoms with Crippen molar-refractivity contribution in [3.05, 3.63) is 65.2 Å². The van der Waals surface area contributed by atoms with Gasteiger partial charge in [0.2, 0.25) is 5.91 Å². The van der Waals surface area contributed by atoms with Crippen LogP contribution in [0.2, 0.25) is 0 Å². The number of carbonyl (C=O) groups excluding carboxylic acids is 2. The van der Waals surface area contributed by atoms with Gasteiger partial charge in [-0.05, 0) is 36.6 Å². The zero-order valence-corrected chi connectivity index (χ0v) is 19.6. The van der Waals surface area contributed by atoms with Crippen LogP contribution in [0.1, 0.15) is 21.5 Å². The Morgan fingerprint density at radius 3 is 2.48 bits per heavy atom. The van der Waals surface area contributed by atoms with Gasteiger partial charge in [-0.2, -0.15) is 0 Å². The lowest BCUT2D eigenvalue weighted by Crippen LogP contribution is -2.60. The molecule has 7 nitrogen and oxygen atoms in total. The van der Waals surface area contributed by atoms with E-state index in [1.165, 1.54) is 5.56 Å². The van der Waals surface area contributed by atoms with Crippen molar-refractivity contribution in [3.8, 4) is 0 Å². The van der Waals surface area contributed by atoms with Crippen LogP contribution in [-0.2, 0) is 16.0 Å². The average molecular weight is 451 g/mol. The summed E-state index contributed by atoms with van der Waals surface area (Å²) >= 11 is 0. The molecule has 2 saturated heterocycles. The maximum atomic E-state index is 13.7. The smallest absolute Gasteiger partial charge is 0.254 e. The minimum Gasteiger partial charge on any atom is -0.378 e. The molecule has 2 aliphatic rings. The van der Waals surface area contributed by atoms with Crippen molar-refractivity contribution in [2.24, 2.45) is 0 Å². The van der Waals surface area contributed by atoms with Gasteiger partial charge in [-0.15, -0.1) is 0 Å². The van der Waals surface area contributed by atoms with Crippen LogP contribution < -0.4 is 10.2 Å². The molecular formula is C26H34N4O3. The molecule has 7 heteroatoms. The number of carbonyl (C=O) groups is 2. The average Bonchev–Trinajstić information content (AvgIpc) is 2.87. The normalized spacial score (nSPS) is 19.4. The highest BCUT2D eigenvalue weighted by Gasteiger charge is 2.36. The molecule has 2 fully saturated rings. The summed E-state index contributed by atoms with van der Waals surface area (Å²) in [6, 6.07) is 15.7. The number of anilines is 1. The zero-order chi connectivity index (χ0) is 23.2. The predicted molar refractivity (Wildman–Crippen MR) is 130 cm³/mol. The van der Waals surface area contributed by atoms with E-state index in [2.05, 4.69) is 33.3 Å². The van der Waals surface area contributed by atoms with Crippen molar-refractivity contribution < 1.29 is 14.3 Å². The van der Waals surface area contributed by atoms with Crippen LogP contribution in [0.4, 0.5) is 5.69 Å². The van der Waals surface area contributed by atoms with E-state index in [1.807, 2.05) is 37.3 Å². The van der Waals surface area contributed by atoms with Crippen molar-refractivity contribution in [3.63, 3.8) is 0 Å². The Kier molecular flexibility index (Phi) is 7.62. The number of benzene rings is 2. The Hall–Kier alpha value is -2.90. The van der Waals surface area contributed by atoms with Crippen molar-refractivity contribution >= 4 is 17.5 Å². The van der Waals surface area contributed by atoms with Gasteiger partial charge in [0, 0.05) is 57.6 Å². The number of amides is 2. The molecule has 0 saturated carbocycles. The topological polar surface area (TPSA) is 65.1 Å². The molecule has 33 heavy (non-hydrogen) atoms. The van der Waals surface area contributed by atoms with Gasteiger partial charge in [0.05, 0.1) is 13.2 Å². The Labute approximate surface area is 196 Å². The first-order valence-electron chi connectivity index (χ1n) is 11.8. The quantitative estimate of drug-likeness (QED) is 0.729. The van der Waals surface area contributed by atoms with Crippen LogP contribution in [0.3, 0.4) is 0 Å². The van der Waals surface area contributed by atoms with Gasteiger partial charge in [-0.25, -0.2) is 0 Å². The van der Waals surface area contributed by atoms with Gasteiger partial charge in [0.1, 0.15) is 6.04 Å². The van der Waals surface area contributed by atoms with Gasteiger partial charge in [-0.3, -0.25) is 14.5 Å². The number of piperazine rings is 1. The summed E-state index contributed by atoms with van der Waals surface area (Å²) in [4.78, 5) is 32.7. The molecule has 0 unspecified atom stereocenters. The number of ether oxygens (including phenoxy) is 1. The van der Waals surface area contributed by atoms with Gasteiger partial charge in [-0.1, -0.05) is 36.4 Å². The molecule has 2 aromatic rings. The van der Waals surface area contributed by atoms with Gasteiger partial charge >= 0.3 is 0 Å². The standard InChI is InChI=1S/C26H34N4O3/c1-20-22(9-6-10-23(20)29-15-17-33-18-16-29)26(32)30-14-13-28(19-24(30)25(31)27-2)12-11-21-7-4-3-5-8-21/h3-10,24H,11-19H2,1-2H3,(H,27,31)/t24-/m0/s1. The minimum atomic E-state index is -0.501. The molecule has 2 aromatic carbocycles. The fourth-order valence-electron chi connectivity index (χ4n) is 4.77. The predicted octanol–water partition coefficient (Wildman–Crippen LogP) is 1.95. The maximum absolute atomic E-state index is 13.7. The van der Waals surface area contributed by atoms with Crippen LogP contribution in [-0.4, -0.2) is 87.2 Å². The Balaban J connectivity index is 1.49. The summed E-state index contributed by atoms with van der Waals surface area (Å²) in [6.45, 7) is 7.73. The number of rotatable bonds is 6. The summed E-state index contributed by atoms with van der Waals surface area (Å²) in [6.07, 6.45) is 0.927. The molecule has 2 aliphatic heterocycles. The monoisotopic (exact) mass is 450 g/mol. The van der Waals surface area contributed by atoms with E-state index in [1.54, 1.807) is 11.9 Å². The molecule has 1 N–H and O–H groups in total. The minimum absolute atomic E-state index is 0.0704. The fourth-order valence-corrected chi connectivity index (χ4v) is 4.77. The van der Waals surface area contributed by atoms with E-state index in [9.17, 15) is 9.59 Å². The van der Waals surface area contributed by atoms with E-state index >= 15 is 0 Å². The number of hydrogen-bond donors (Lipinski definition) is 1. The molecule has 4 rings (SSSR count). The number of likely N-dealkylation sites (N-methyl/N-ethyl adjacent to an activating group) is 1. The third-order valence-electron chi connectivity index (χ3n) is 6.72. The number of hydrogen-bond acceptors (Lipinski definition) is 5. The lowest BCUT2D eigenvalue weighted by molar-refractivity contribution is -0.127. The van der Waals surface area contributed by atoms with Crippen LogP contribution in [0.15, 0.2) is 48.5 Å². The molecule has 1 atom stereocenters. The van der Waals surface area contributed by atoms with Gasteiger partial charge in [0.15, 0.2) is 0 Å². The lowest BCUT2D eigenvalue weighted by Gasteiger charge is -2.41. The SMILES string of the molecule is CNC(=O)[C@@H]1CN(CCc2ccccc2)CCN1C(=O)c1cccc(N2CCOCC2)c1C. The molecule has 0 aromatic heterocycles. The Bertz CT molecular complexity index is 959. The van der Waals surface area contributed by atoms with Crippen molar-refractivity contribution in [1.29, 1.82) is 0 Å². The number of nitrogens with zero attached hydrogens (tertiary/aromatic N) is 3. The molecule has 0 radical (unpaired) electrons. The largest absolute Gasteiger partial charge is 0.378 e. The highest BCUT2D eigenvalue weighted by Crippen LogP contribution is 2.26. The van der Waals surface area contributed by atoms with Crippen LogP contribution >= 0.6 is 0 Å². The summed E-state index contributed by atoms with van der Waals surface area (Å²) in [5, 5.41) is 2.76. The van der Waals surface area contributed by atoms with Crippen LogP contribution in [0.5, 0.6) is 0 Å². The summed E-state index contributed by atoms with van der Waals surface area (Å²) in [5.74, 6) is -0.186. The second-order valence-corrected chi connectivity index (χ2v) is 8.71. The van der Waals surface area contributed by atoms with E-state index in [0.29, 0.717) is 31.9 Å². The molecule has 0 bridgehead atoms. The van der Waals surface area contributed by atoms with E-state index in [0.717, 1.165) is 43.9 Å². The molecule has 0 aliphatic carbocycles. The summed E-state index contributed by atoms with van der Waals surface area (Å²) in [7, 11) is 1.64. The maximum Gasteiger partial charge on any atom is 0.254 e. The third kappa shape index (κ3) is 5.37. The van der Waals surface area contributed by atoms with Crippen molar-refractivity contribution in [1.82, 2.24) is 15.1 Å². The molecule has 0 spiro atoms. The Morgan fingerprint density at radius 1 is 1.00 bits per heavy atom. The number of nitrogens with one attached hydrogen (secondary N) is 1. The lowest BCUT2D eigenvalue weighted by atomic mass is 10.0. The zero-order valence-electron chi connectivity index (χ0n) is 19.6. The first kappa shape index (κ1) is 23.3. The second kappa shape index (κ2) is 10.8. The molecule has 2 heterocycles. The van der Waals surface area contributed by atoms with Gasteiger partial charge < -0.3 is 19.9 Å². The molecular weight excluding hydrogens is 416 g/mol. The highest BCUT2D eigenvalue weighted by molar-refractivity contribution is 6.00. The molecule has 2 amide bonds. The number of morpholine rings is 1.